The highest BCUT2D eigenvalue weighted by Gasteiger charge is 2.29. The summed E-state index contributed by atoms with van der Waals surface area (Å²) >= 11 is 5.75. The van der Waals surface area contributed by atoms with Crippen LogP contribution in [-0.2, 0) is 4.79 Å². The van der Waals surface area contributed by atoms with Crippen LogP contribution in [0.3, 0.4) is 0 Å². The zero-order valence-corrected chi connectivity index (χ0v) is 13.4. The van der Waals surface area contributed by atoms with Crippen molar-refractivity contribution in [3.05, 3.63) is 33.3 Å². The lowest BCUT2D eigenvalue weighted by molar-refractivity contribution is -0.385. The fraction of sp³-hybridized carbons (Fsp3) is 0.533. The number of nitro benzene ring substituents is 1. The third-order valence-electron chi connectivity index (χ3n) is 3.95. The summed E-state index contributed by atoms with van der Waals surface area (Å²) in [5.74, 6) is -0.0935. The molecular weight excluding hydrogens is 308 g/mol. The van der Waals surface area contributed by atoms with E-state index >= 15 is 0 Å². The van der Waals surface area contributed by atoms with E-state index in [0.29, 0.717) is 0 Å². The number of likely N-dealkylation sites (tertiary alicyclic amines) is 1. The summed E-state index contributed by atoms with van der Waals surface area (Å²) in [6.45, 7) is 3.81. The highest BCUT2D eigenvalue weighted by atomic mass is 35.5. The predicted octanol–water partition coefficient (Wildman–Crippen LogP) is 3.42. The number of nitro groups is 1. The minimum atomic E-state index is -0.572. The minimum Gasteiger partial charge on any atom is -0.477 e. The van der Waals surface area contributed by atoms with E-state index in [1.165, 1.54) is 18.2 Å². The summed E-state index contributed by atoms with van der Waals surface area (Å²) in [4.78, 5) is 24.6. The number of ether oxygens (including phenoxy) is 1. The fourth-order valence-electron chi connectivity index (χ4n) is 2.88. The summed E-state index contributed by atoms with van der Waals surface area (Å²) in [5.41, 5.74) is -0.236. The first-order chi connectivity index (χ1) is 10.4. The van der Waals surface area contributed by atoms with Crippen LogP contribution in [0.1, 0.15) is 33.1 Å². The molecule has 1 fully saturated rings. The molecule has 1 amide bonds. The zero-order valence-electron chi connectivity index (χ0n) is 12.6. The second kappa shape index (κ2) is 6.96. The van der Waals surface area contributed by atoms with Crippen molar-refractivity contribution in [3.8, 4) is 5.75 Å². The van der Waals surface area contributed by atoms with Crippen molar-refractivity contribution in [3.63, 3.8) is 0 Å². The summed E-state index contributed by atoms with van der Waals surface area (Å²) in [5, 5.41) is 11.2. The van der Waals surface area contributed by atoms with Crippen molar-refractivity contribution in [1.29, 1.82) is 0 Å². The highest BCUT2D eigenvalue weighted by Crippen LogP contribution is 2.30. The van der Waals surface area contributed by atoms with E-state index in [1.54, 1.807) is 0 Å². The molecule has 6 nitrogen and oxygen atoms in total. The Hall–Kier alpha value is -1.82. The molecule has 0 saturated carbocycles. The average molecular weight is 327 g/mol. The lowest BCUT2D eigenvalue weighted by Crippen LogP contribution is -2.49. The van der Waals surface area contributed by atoms with Crippen LogP contribution >= 0.6 is 11.6 Å². The van der Waals surface area contributed by atoms with Gasteiger partial charge in [0, 0.05) is 23.2 Å². The third kappa shape index (κ3) is 3.68. The average Bonchev–Trinajstić information content (AvgIpc) is 2.45. The summed E-state index contributed by atoms with van der Waals surface area (Å²) in [6, 6.07) is 4.46. The van der Waals surface area contributed by atoms with Gasteiger partial charge in [0.1, 0.15) is 0 Å². The topological polar surface area (TPSA) is 72.7 Å². The van der Waals surface area contributed by atoms with Crippen LogP contribution in [0.2, 0.25) is 5.02 Å². The zero-order chi connectivity index (χ0) is 16.3. The second-order valence-corrected chi connectivity index (χ2v) is 6.02. The first-order valence-corrected chi connectivity index (χ1v) is 7.66. The third-order valence-corrected chi connectivity index (χ3v) is 4.19. The predicted molar refractivity (Wildman–Crippen MR) is 83.2 cm³/mol. The van der Waals surface area contributed by atoms with Gasteiger partial charge in [0.05, 0.1) is 4.92 Å². The molecule has 2 unspecified atom stereocenters. The normalized spacial score (nSPS) is 21.5. The van der Waals surface area contributed by atoms with Gasteiger partial charge in [-0.25, -0.2) is 0 Å². The number of hydrogen-bond donors (Lipinski definition) is 0. The molecular formula is C15H19ClN2O4. The molecule has 1 aliphatic heterocycles. The lowest BCUT2D eigenvalue weighted by atomic mass is 9.97. The van der Waals surface area contributed by atoms with E-state index in [4.69, 9.17) is 16.3 Å². The van der Waals surface area contributed by atoms with Gasteiger partial charge in [0.2, 0.25) is 0 Å². The van der Waals surface area contributed by atoms with Gasteiger partial charge in [-0.2, -0.15) is 0 Å². The second-order valence-electron chi connectivity index (χ2n) is 5.59. The standard InChI is InChI=1S/C15H19ClN2O4/c1-10-4-3-5-11(2)17(10)15(19)9-22-14-7-6-12(16)8-13(14)18(20)21/h6-8,10-11H,3-5,9H2,1-2H3. The van der Waals surface area contributed by atoms with E-state index in [-0.39, 0.29) is 41.1 Å². The quantitative estimate of drug-likeness (QED) is 0.627. The molecule has 2 rings (SSSR count). The minimum absolute atomic E-state index is 0.0556. The Balaban J connectivity index is 2.06. The van der Waals surface area contributed by atoms with Crippen LogP contribution in [0.15, 0.2) is 18.2 Å². The lowest BCUT2D eigenvalue weighted by Gasteiger charge is -2.38. The molecule has 1 saturated heterocycles. The first-order valence-electron chi connectivity index (χ1n) is 7.28. The number of benzene rings is 1. The van der Waals surface area contributed by atoms with Crippen LogP contribution in [0, 0.1) is 10.1 Å². The molecule has 0 aliphatic carbocycles. The first kappa shape index (κ1) is 16.5. The Morgan fingerprint density at radius 1 is 1.41 bits per heavy atom. The van der Waals surface area contributed by atoms with Gasteiger partial charge >= 0.3 is 5.69 Å². The van der Waals surface area contributed by atoms with E-state index in [9.17, 15) is 14.9 Å². The monoisotopic (exact) mass is 326 g/mol. The molecule has 0 aromatic heterocycles. The molecule has 1 aliphatic rings. The Morgan fingerprint density at radius 2 is 2.05 bits per heavy atom. The molecule has 0 spiro atoms. The van der Waals surface area contributed by atoms with Gasteiger partial charge in [-0.05, 0) is 45.2 Å². The summed E-state index contributed by atoms with van der Waals surface area (Å²) < 4.78 is 5.37. The van der Waals surface area contributed by atoms with Gasteiger partial charge in [-0.15, -0.1) is 0 Å². The van der Waals surface area contributed by atoms with Gasteiger partial charge in [-0.1, -0.05) is 11.6 Å². The molecule has 2 atom stereocenters. The number of rotatable bonds is 4. The SMILES string of the molecule is CC1CCCC(C)N1C(=O)COc1ccc(Cl)cc1[N+](=O)[O-]. The maximum atomic E-state index is 12.3. The Morgan fingerprint density at radius 3 is 2.64 bits per heavy atom. The van der Waals surface area contributed by atoms with Gasteiger partial charge in [-0.3, -0.25) is 14.9 Å². The summed E-state index contributed by atoms with van der Waals surface area (Å²) in [7, 11) is 0. The van der Waals surface area contributed by atoms with Gasteiger partial charge < -0.3 is 9.64 Å². The number of halogens is 1. The maximum absolute atomic E-state index is 12.3. The van der Waals surface area contributed by atoms with Gasteiger partial charge in [0.25, 0.3) is 5.91 Å². The van der Waals surface area contributed by atoms with Crippen molar-refractivity contribution >= 4 is 23.2 Å². The Bertz CT molecular complexity index is 569. The number of nitrogens with zero attached hydrogens (tertiary/aromatic N) is 2. The van der Waals surface area contributed by atoms with E-state index in [0.717, 1.165) is 19.3 Å². The van der Waals surface area contributed by atoms with E-state index in [2.05, 4.69) is 0 Å². The highest BCUT2D eigenvalue weighted by molar-refractivity contribution is 6.30. The van der Waals surface area contributed by atoms with Crippen LogP contribution in [0.5, 0.6) is 5.75 Å². The molecule has 0 bridgehead atoms. The van der Waals surface area contributed by atoms with Crippen molar-refractivity contribution in [1.82, 2.24) is 4.90 Å². The van der Waals surface area contributed by atoms with Crippen LogP contribution in [0.25, 0.3) is 0 Å². The Kier molecular flexibility index (Phi) is 5.24. The molecule has 7 heteroatoms. The van der Waals surface area contributed by atoms with Crippen molar-refractivity contribution < 1.29 is 14.5 Å². The number of piperidine rings is 1. The smallest absolute Gasteiger partial charge is 0.312 e. The molecule has 1 aromatic carbocycles. The van der Waals surface area contributed by atoms with Crippen LogP contribution in [-0.4, -0.2) is 34.4 Å². The molecule has 1 heterocycles. The van der Waals surface area contributed by atoms with Crippen LogP contribution in [0.4, 0.5) is 5.69 Å². The number of hydrogen-bond acceptors (Lipinski definition) is 4. The van der Waals surface area contributed by atoms with Crippen molar-refractivity contribution in [2.24, 2.45) is 0 Å². The van der Waals surface area contributed by atoms with Crippen molar-refractivity contribution in [2.45, 2.75) is 45.2 Å². The van der Waals surface area contributed by atoms with Crippen LogP contribution < -0.4 is 4.74 Å². The van der Waals surface area contributed by atoms with E-state index in [1.807, 2.05) is 18.7 Å². The van der Waals surface area contributed by atoms with E-state index < -0.39 is 4.92 Å². The molecule has 0 radical (unpaired) electrons. The molecule has 1 aromatic rings. The van der Waals surface area contributed by atoms with Crippen molar-refractivity contribution in [2.75, 3.05) is 6.61 Å². The van der Waals surface area contributed by atoms with Gasteiger partial charge in [0.15, 0.2) is 12.4 Å². The fourth-order valence-corrected chi connectivity index (χ4v) is 3.05. The molecule has 22 heavy (non-hydrogen) atoms. The maximum Gasteiger partial charge on any atom is 0.312 e. The molecule has 120 valence electrons. The number of amides is 1. The summed E-state index contributed by atoms with van der Waals surface area (Å²) in [6.07, 6.45) is 3.05. The molecule has 0 N–H and O–H groups in total. The number of carbonyl (C=O) groups excluding carboxylic acids is 1. The number of carbonyl (C=O) groups is 1. The Labute approximate surface area is 134 Å². The largest absolute Gasteiger partial charge is 0.477 e.